The van der Waals surface area contributed by atoms with Gasteiger partial charge in [0.2, 0.25) is 5.91 Å². The number of halogens is 1. The number of ether oxygens (including phenoxy) is 1. The molecule has 0 fully saturated rings. The molecule has 104 valence electrons. The van der Waals surface area contributed by atoms with Gasteiger partial charge in [-0.3, -0.25) is 9.48 Å². The van der Waals surface area contributed by atoms with Crippen LogP contribution in [0, 0.1) is 0 Å². The number of carbonyl (C=O) groups excluding carboxylic acids is 1. The Morgan fingerprint density at radius 1 is 1.55 bits per heavy atom. The Bertz CT molecular complexity index is 627. The lowest BCUT2D eigenvalue weighted by atomic mass is 10.2. The smallest absolute Gasteiger partial charge is 0.248 e. The molecule has 0 spiro atoms. The number of carbonyl (C=O) groups is 1. The highest BCUT2D eigenvalue weighted by Gasteiger charge is 2.27. The zero-order valence-electron chi connectivity index (χ0n) is 11.0. The summed E-state index contributed by atoms with van der Waals surface area (Å²) >= 11 is 3.43. The highest BCUT2D eigenvalue weighted by atomic mass is 79.9. The third kappa shape index (κ3) is 2.56. The van der Waals surface area contributed by atoms with Gasteiger partial charge >= 0.3 is 0 Å². The van der Waals surface area contributed by atoms with Crippen LogP contribution in [-0.4, -0.2) is 28.3 Å². The zero-order chi connectivity index (χ0) is 14.1. The third-order valence-corrected chi connectivity index (χ3v) is 3.63. The van der Waals surface area contributed by atoms with Gasteiger partial charge in [-0.2, -0.15) is 5.10 Å². The summed E-state index contributed by atoms with van der Waals surface area (Å²) in [6, 6.07) is 7.50. The van der Waals surface area contributed by atoms with Gasteiger partial charge in [-0.1, -0.05) is 15.9 Å². The average Bonchev–Trinajstić information content (AvgIpc) is 2.91. The number of rotatable bonds is 2. The van der Waals surface area contributed by atoms with Crippen molar-refractivity contribution in [2.45, 2.75) is 19.6 Å². The van der Waals surface area contributed by atoms with Gasteiger partial charge in [0.25, 0.3) is 0 Å². The topological polar surface area (TPSA) is 47.4 Å². The van der Waals surface area contributed by atoms with Crippen LogP contribution in [-0.2, 0) is 11.3 Å². The van der Waals surface area contributed by atoms with E-state index in [9.17, 15) is 4.79 Å². The first-order valence-corrected chi connectivity index (χ1v) is 7.17. The van der Waals surface area contributed by atoms with Crippen molar-refractivity contribution in [3.05, 3.63) is 41.1 Å². The van der Waals surface area contributed by atoms with Crippen LogP contribution in [0.25, 0.3) is 0 Å². The number of benzene rings is 1. The van der Waals surface area contributed by atoms with Gasteiger partial charge in [0.1, 0.15) is 18.4 Å². The van der Waals surface area contributed by atoms with E-state index >= 15 is 0 Å². The predicted octanol–water partition coefficient (Wildman–Crippen LogP) is 2.46. The van der Waals surface area contributed by atoms with Crippen LogP contribution < -0.4 is 9.64 Å². The van der Waals surface area contributed by atoms with E-state index in [1.807, 2.05) is 25.1 Å². The molecule has 0 aliphatic carbocycles. The van der Waals surface area contributed by atoms with E-state index < -0.39 is 0 Å². The van der Waals surface area contributed by atoms with Crippen molar-refractivity contribution in [3.8, 4) is 5.75 Å². The molecule has 2 aromatic rings. The van der Waals surface area contributed by atoms with E-state index in [2.05, 4.69) is 21.0 Å². The number of amides is 1. The van der Waals surface area contributed by atoms with Gasteiger partial charge in [-0.15, -0.1) is 0 Å². The first-order chi connectivity index (χ1) is 9.63. The second-order valence-electron chi connectivity index (χ2n) is 4.75. The van der Waals surface area contributed by atoms with E-state index in [0.29, 0.717) is 6.54 Å². The molecule has 20 heavy (non-hydrogen) atoms. The lowest BCUT2D eigenvalue weighted by Gasteiger charge is -2.33. The molecule has 1 atom stereocenters. The van der Waals surface area contributed by atoms with E-state index in [1.165, 1.54) is 0 Å². The molecule has 3 rings (SSSR count). The van der Waals surface area contributed by atoms with Gasteiger partial charge in [0, 0.05) is 16.9 Å². The molecule has 1 aliphatic rings. The third-order valence-electron chi connectivity index (χ3n) is 3.14. The minimum absolute atomic E-state index is 0.00296. The summed E-state index contributed by atoms with van der Waals surface area (Å²) in [5.41, 5.74) is 0.801. The van der Waals surface area contributed by atoms with Crippen molar-refractivity contribution >= 4 is 27.5 Å². The van der Waals surface area contributed by atoms with Crippen molar-refractivity contribution in [1.29, 1.82) is 0 Å². The zero-order valence-corrected chi connectivity index (χ0v) is 12.6. The fourth-order valence-electron chi connectivity index (χ4n) is 2.26. The summed E-state index contributed by atoms with van der Waals surface area (Å²) in [5.74, 6) is 0.740. The van der Waals surface area contributed by atoms with E-state index in [-0.39, 0.29) is 18.6 Å². The molecule has 1 aliphatic heterocycles. The molecule has 0 saturated carbocycles. The molecule has 6 heteroatoms. The van der Waals surface area contributed by atoms with Crippen molar-refractivity contribution in [3.63, 3.8) is 0 Å². The number of hydrogen-bond donors (Lipinski definition) is 0. The lowest BCUT2D eigenvalue weighted by Crippen LogP contribution is -2.43. The largest absolute Gasteiger partial charge is 0.487 e. The molecule has 2 heterocycles. The Kier molecular flexibility index (Phi) is 3.48. The van der Waals surface area contributed by atoms with Gasteiger partial charge in [-0.25, -0.2) is 0 Å². The Morgan fingerprint density at radius 2 is 2.40 bits per heavy atom. The second kappa shape index (κ2) is 5.28. The Labute approximate surface area is 125 Å². The second-order valence-corrected chi connectivity index (χ2v) is 5.66. The summed E-state index contributed by atoms with van der Waals surface area (Å²) in [4.78, 5) is 14.2. The molecular weight excluding hydrogens is 322 g/mol. The van der Waals surface area contributed by atoms with E-state index in [0.717, 1.165) is 15.9 Å². The molecule has 1 aromatic carbocycles. The molecule has 1 aromatic heterocycles. The van der Waals surface area contributed by atoms with Gasteiger partial charge in [-0.05, 0) is 31.2 Å². The minimum Gasteiger partial charge on any atom is -0.487 e. The number of hydrogen-bond acceptors (Lipinski definition) is 3. The molecule has 0 N–H and O–H groups in total. The van der Waals surface area contributed by atoms with E-state index in [4.69, 9.17) is 4.74 Å². The maximum absolute atomic E-state index is 12.5. The first kappa shape index (κ1) is 13.2. The van der Waals surface area contributed by atoms with Crippen LogP contribution in [0.5, 0.6) is 5.75 Å². The van der Waals surface area contributed by atoms with Crippen LogP contribution >= 0.6 is 15.9 Å². The lowest BCUT2D eigenvalue weighted by molar-refractivity contribution is -0.119. The first-order valence-electron chi connectivity index (χ1n) is 6.37. The number of aromatic nitrogens is 2. The Hall–Kier alpha value is -1.82. The van der Waals surface area contributed by atoms with Gasteiger partial charge in [0.15, 0.2) is 0 Å². The number of fused-ring (bicyclic) bond motifs is 1. The molecule has 1 amide bonds. The van der Waals surface area contributed by atoms with E-state index in [1.54, 1.807) is 28.0 Å². The van der Waals surface area contributed by atoms with Crippen LogP contribution in [0.3, 0.4) is 0 Å². The highest BCUT2D eigenvalue weighted by Crippen LogP contribution is 2.35. The molecule has 0 radical (unpaired) electrons. The predicted molar refractivity (Wildman–Crippen MR) is 78.8 cm³/mol. The van der Waals surface area contributed by atoms with Gasteiger partial charge < -0.3 is 9.64 Å². The molecular formula is C14H14BrN3O2. The summed E-state index contributed by atoms with van der Waals surface area (Å²) in [6.45, 7) is 2.73. The molecule has 1 unspecified atom stereocenters. The Balaban J connectivity index is 1.89. The summed E-state index contributed by atoms with van der Waals surface area (Å²) in [5, 5.41) is 4.07. The van der Waals surface area contributed by atoms with Crippen LogP contribution in [0.1, 0.15) is 6.92 Å². The summed E-state index contributed by atoms with van der Waals surface area (Å²) < 4.78 is 8.31. The summed E-state index contributed by atoms with van der Waals surface area (Å²) in [7, 11) is 0. The van der Waals surface area contributed by atoms with Gasteiger partial charge in [0.05, 0.1) is 12.2 Å². The Morgan fingerprint density at radius 3 is 3.15 bits per heavy atom. The summed E-state index contributed by atoms with van der Waals surface area (Å²) in [6.07, 6.45) is 3.42. The van der Waals surface area contributed by atoms with Crippen LogP contribution in [0.15, 0.2) is 41.1 Å². The highest BCUT2D eigenvalue weighted by molar-refractivity contribution is 9.10. The fraction of sp³-hybridized carbons (Fsp3) is 0.286. The van der Waals surface area contributed by atoms with Crippen molar-refractivity contribution < 1.29 is 9.53 Å². The molecule has 5 nitrogen and oxygen atoms in total. The standard InChI is InChI=1S/C14H14BrN3O2/c1-10-8-18(14(19)9-17-6-2-5-16-17)12-7-11(15)3-4-13(12)20-10/h2-7,10H,8-9H2,1H3. The van der Waals surface area contributed by atoms with Crippen molar-refractivity contribution in [2.24, 2.45) is 0 Å². The SMILES string of the molecule is CC1CN(C(=O)Cn2cccn2)c2cc(Br)ccc2O1. The maximum atomic E-state index is 12.5. The van der Waals surface area contributed by atoms with Crippen molar-refractivity contribution in [1.82, 2.24) is 9.78 Å². The normalized spacial score (nSPS) is 17.5. The minimum atomic E-state index is -0.0229. The quantitative estimate of drug-likeness (QED) is 0.846. The number of nitrogens with zero attached hydrogens (tertiary/aromatic N) is 3. The van der Waals surface area contributed by atoms with Crippen molar-refractivity contribution in [2.75, 3.05) is 11.4 Å². The molecule has 0 bridgehead atoms. The molecule has 0 saturated heterocycles. The van der Waals surface area contributed by atoms with Crippen LogP contribution in [0.2, 0.25) is 0 Å². The fourth-order valence-corrected chi connectivity index (χ4v) is 2.61. The maximum Gasteiger partial charge on any atom is 0.248 e. The average molecular weight is 336 g/mol. The monoisotopic (exact) mass is 335 g/mol. The number of anilines is 1. The van der Waals surface area contributed by atoms with Crippen LogP contribution in [0.4, 0.5) is 5.69 Å².